The lowest BCUT2D eigenvalue weighted by atomic mass is 9.95. The second kappa shape index (κ2) is 10.1. The number of nitrogens with one attached hydrogen (secondary N) is 1. The fraction of sp³-hybridized carbons (Fsp3) is 0.375. The maximum Gasteiger partial charge on any atom is 0.260 e. The van der Waals surface area contributed by atoms with Crippen LogP contribution in [-0.2, 0) is 9.59 Å². The highest BCUT2D eigenvalue weighted by atomic mass is 16.7. The average Bonchev–Trinajstić information content (AvgIpc) is 3.31. The molecule has 0 aromatic heterocycles. The van der Waals surface area contributed by atoms with Crippen molar-refractivity contribution in [1.29, 1.82) is 5.26 Å². The van der Waals surface area contributed by atoms with Crippen LogP contribution in [0.2, 0.25) is 0 Å². The number of carbonyl (C=O) groups is 2. The molecule has 0 aliphatic carbocycles. The lowest BCUT2D eigenvalue weighted by Gasteiger charge is -2.31. The number of anilines is 1. The lowest BCUT2D eigenvalue weighted by Crippen LogP contribution is -2.43. The molecule has 2 aliphatic rings. The van der Waals surface area contributed by atoms with Crippen molar-refractivity contribution < 1.29 is 28.5 Å². The topological polar surface area (TPSA) is 110 Å². The van der Waals surface area contributed by atoms with E-state index in [2.05, 4.69) is 11.4 Å². The fourth-order valence-corrected chi connectivity index (χ4v) is 3.81. The SMILES string of the molecule is CCOc1cc(C#N)ccc1OCC(=O)N1CCC(C(=O)Nc2ccc3c(c2)OCO3)CC1. The van der Waals surface area contributed by atoms with Crippen LogP contribution in [0.3, 0.4) is 0 Å². The Labute approximate surface area is 191 Å². The second-order valence-electron chi connectivity index (χ2n) is 7.71. The highest BCUT2D eigenvalue weighted by Gasteiger charge is 2.28. The first-order valence-electron chi connectivity index (χ1n) is 10.9. The number of amides is 2. The molecule has 9 nitrogen and oxygen atoms in total. The summed E-state index contributed by atoms with van der Waals surface area (Å²) >= 11 is 0. The molecule has 2 aromatic rings. The van der Waals surface area contributed by atoms with Gasteiger partial charge in [0.25, 0.3) is 5.91 Å². The molecule has 4 rings (SSSR count). The van der Waals surface area contributed by atoms with Crippen LogP contribution in [0.5, 0.6) is 23.0 Å². The Morgan fingerprint density at radius 2 is 1.88 bits per heavy atom. The van der Waals surface area contributed by atoms with Crippen molar-refractivity contribution in [1.82, 2.24) is 4.90 Å². The first-order valence-corrected chi connectivity index (χ1v) is 10.9. The van der Waals surface area contributed by atoms with Gasteiger partial charge in [0.1, 0.15) is 0 Å². The number of hydrogen-bond donors (Lipinski definition) is 1. The molecule has 1 fully saturated rings. The number of nitriles is 1. The summed E-state index contributed by atoms with van der Waals surface area (Å²) in [5.74, 6) is 1.72. The maximum atomic E-state index is 12.7. The van der Waals surface area contributed by atoms with E-state index in [0.717, 1.165) is 0 Å². The Morgan fingerprint density at radius 1 is 1.09 bits per heavy atom. The molecule has 172 valence electrons. The Balaban J connectivity index is 1.26. The molecule has 0 radical (unpaired) electrons. The number of hydrogen-bond acceptors (Lipinski definition) is 7. The monoisotopic (exact) mass is 451 g/mol. The normalized spacial score (nSPS) is 15.0. The van der Waals surface area contributed by atoms with Crippen molar-refractivity contribution >= 4 is 17.5 Å². The Bertz CT molecular complexity index is 1070. The van der Waals surface area contributed by atoms with Crippen LogP contribution in [-0.4, -0.2) is 49.8 Å². The molecule has 0 unspecified atom stereocenters. The zero-order chi connectivity index (χ0) is 23.2. The number of nitrogens with zero attached hydrogens (tertiary/aromatic N) is 2. The maximum absolute atomic E-state index is 12.7. The molecular formula is C24H25N3O6. The van der Waals surface area contributed by atoms with Crippen LogP contribution in [0.25, 0.3) is 0 Å². The van der Waals surface area contributed by atoms with E-state index < -0.39 is 0 Å². The standard InChI is InChI=1S/C24H25N3O6/c1-2-30-21-11-16(13-25)3-5-19(21)31-14-23(28)27-9-7-17(8-10-27)24(29)26-18-4-6-20-22(12-18)33-15-32-20/h3-6,11-12,17H,2,7-10,14-15H2,1H3,(H,26,29). The summed E-state index contributed by atoms with van der Waals surface area (Å²) in [6.45, 7) is 3.25. The van der Waals surface area contributed by atoms with Crippen molar-refractivity contribution in [2.75, 3.05) is 38.4 Å². The molecule has 0 spiro atoms. The van der Waals surface area contributed by atoms with E-state index in [1.54, 1.807) is 41.3 Å². The molecular weight excluding hydrogens is 426 g/mol. The number of carbonyl (C=O) groups excluding carboxylic acids is 2. The Kier molecular flexibility index (Phi) is 6.83. The summed E-state index contributed by atoms with van der Waals surface area (Å²) in [4.78, 5) is 27.0. The largest absolute Gasteiger partial charge is 0.490 e. The number of piperidine rings is 1. The van der Waals surface area contributed by atoms with Crippen LogP contribution in [0, 0.1) is 17.2 Å². The van der Waals surface area contributed by atoms with Crippen molar-refractivity contribution in [3.05, 3.63) is 42.0 Å². The Morgan fingerprint density at radius 3 is 2.64 bits per heavy atom. The van der Waals surface area contributed by atoms with E-state index in [-0.39, 0.29) is 31.1 Å². The summed E-state index contributed by atoms with van der Waals surface area (Å²) in [5.41, 5.74) is 1.11. The van der Waals surface area contributed by atoms with E-state index >= 15 is 0 Å². The van der Waals surface area contributed by atoms with Crippen LogP contribution < -0.4 is 24.3 Å². The van der Waals surface area contributed by atoms with E-state index in [1.807, 2.05) is 6.92 Å². The van der Waals surface area contributed by atoms with Gasteiger partial charge in [0.15, 0.2) is 29.6 Å². The van der Waals surface area contributed by atoms with Gasteiger partial charge in [-0.05, 0) is 44.0 Å². The predicted octanol–water partition coefficient (Wildman–Crippen LogP) is 2.94. The fourth-order valence-electron chi connectivity index (χ4n) is 3.81. The Hall–Kier alpha value is -3.93. The third-order valence-corrected chi connectivity index (χ3v) is 5.58. The molecule has 2 aliphatic heterocycles. The molecule has 0 bridgehead atoms. The van der Waals surface area contributed by atoms with E-state index in [4.69, 9.17) is 24.2 Å². The number of rotatable bonds is 7. The van der Waals surface area contributed by atoms with E-state index in [9.17, 15) is 9.59 Å². The molecule has 1 N–H and O–H groups in total. The predicted molar refractivity (Wildman–Crippen MR) is 118 cm³/mol. The van der Waals surface area contributed by atoms with Gasteiger partial charge in [0.2, 0.25) is 12.7 Å². The third-order valence-electron chi connectivity index (χ3n) is 5.58. The summed E-state index contributed by atoms with van der Waals surface area (Å²) in [6, 6.07) is 12.2. The van der Waals surface area contributed by atoms with Gasteiger partial charge in [0.05, 0.1) is 18.2 Å². The van der Waals surface area contributed by atoms with Gasteiger partial charge < -0.3 is 29.2 Å². The molecule has 0 saturated carbocycles. The zero-order valence-electron chi connectivity index (χ0n) is 18.3. The lowest BCUT2D eigenvalue weighted by molar-refractivity contribution is -0.136. The smallest absolute Gasteiger partial charge is 0.260 e. The minimum absolute atomic E-state index is 0.0730. The van der Waals surface area contributed by atoms with Gasteiger partial charge in [0, 0.05) is 36.8 Å². The molecule has 2 amide bonds. The molecule has 33 heavy (non-hydrogen) atoms. The molecule has 2 aromatic carbocycles. The first kappa shape index (κ1) is 22.3. The van der Waals surface area contributed by atoms with Gasteiger partial charge in [-0.3, -0.25) is 9.59 Å². The number of benzene rings is 2. The highest BCUT2D eigenvalue weighted by Crippen LogP contribution is 2.34. The van der Waals surface area contributed by atoms with Crippen molar-refractivity contribution in [2.24, 2.45) is 5.92 Å². The number of fused-ring (bicyclic) bond motifs is 1. The first-order chi connectivity index (χ1) is 16.1. The van der Waals surface area contributed by atoms with Crippen LogP contribution in [0.15, 0.2) is 36.4 Å². The summed E-state index contributed by atoms with van der Waals surface area (Å²) in [6.07, 6.45) is 1.15. The minimum atomic E-state index is -0.177. The van der Waals surface area contributed by atoms with Crippen molar-refractivity contribution in [3.8, 4) is 29.1 Å². The third kappa shape index (κ3) is 5.29. The minimum Gasteiger partial charge on any atom is -0.490 e. The average molecular weight is 451 g/mol. The van der Waals surface area contributed by atoms with Crippen molar-refractivity contribution in [2.45, 2.75) is 19.8 Å². The van der Waals surface area contributed by atoms with Gasteiger partial charge in [-0.1, -0.05) is 0 Å². The molecule has 9 heteroatoms. The molecule has 1 saturated heterocycles. The quantitative estimate of drug-likeness (QED) is 0.689. The van der Waals surface area contributed by atoms with Gasteiger partial charge in [-0.25, -0.2) is 0 Å². The van der Waals surface area contributed by atoms with E-state index in [1.165, 1.54) is 0 Å². The highest BCUT2D eigenvalue weighted by molar-refractivity contribution is 5.93. The summed E-state index contributed by atoms with van der Waals surface area (Å²) < 4.78 is 21.8. The number of likely N-dealkylation sites (tertiary alicyclic amines) is 1. The summed E-state index contributed by atoms with van der Waals surface area (Å²) in [7, 11) is 0. The van der Waals surface area contributed by atoms with E-state index in [0.29, 0.717) is 66.8 Å². The molecule has 0 atom stereocenters. The van der Waals surface area contributed by atoms with Gasteiger partial charge in [-0.15, -0.1) is 0 Å². The van der Waals surface area contributed by atoms with Crippen LogP contribution >= 0.6 is 0 Å². The number of ether oxygens (including phenoxy) is 4. The summed E-state index contributed by atoms with van der Waals surface area (Å²) in [5, 5.41) is 12.0. The van der Waals surface area contributed by atoms with Gasteiger partial charge >= 0.3 is 0 Å². The van der Waals surface area contributed by atoms with Crippen LogP contribution in [0.1, 0.15) is 25.3 Å². The van der Waals surface area contributed by atoms with Crippen LogP contribution in [0.4, 0.5) is 5.69 Å². The van der Waals surface area contributed by atoms with Gasteiger partial charge in [-0.2, -0.15) is 5.26 Å². The van der Waals surface area contributed by atoms with Crippen molar-refractivity contribution in [3.63, 3.8) is 0 Å². The second-order valence-corrected chi connectivity index (χ2v) is 7.71. The zero-order valence-corrected chi connectivity index (χ0v) is 18.3. The molecule has 2 heterocycles.